The van der Waals surface area contributed by atoms with Crippen LogP contribution in [0.2, 0.25) is 0 Å². The molecule has 0 saturated carbocycles. The Morgan fingerprint density at radius 1 is 0.962 bits per heavy atom. The Hall–Kier alpha value is -4.69. The van der Waals surface area contributed by atoms with Gasteiger partial charge in [0.2, 0.25) is 0 Å². The van der Waals surface area contributed by atoms with Crippen LogP contribution >= 0.6 is 0 Å². The van der Waals surface area contributed by atoms with Gasteiger partial charge in [-0.05, 0) is 118 Å². The molecule has 0 heterocycles. The van der Waals surface area contributed by atoms with Gasteiger partial charge in [-0.1, -0.05) is 163 Å². The van der Waals surface area contributed by atoms with Crippen molar-refractivity contribution >= 4 is 17.0 Å². The smallest absolute Gasteiger partial charge is 0.155 e. The fraction of sp³-hybridized carbons (Fsp3) is 0.360. The maximum Gasteiger partial charge on any atom is 0.155 e. The number of allylic oxidation sites excluding steroid dienone is 14. The number of ketones is 1. The Bertz CT molecular complexity index is 1550. The highest BCUT2D eigenvalue weighted by Crippen LogP contribution is 2.42. The Labute approximate surface area is 326 Å². The number of anilines is 1. The van der Waals surface area contributed by atoms with Gasteiger partial charge in [-0.2, -0.15) is 0 Å². The van der Waals surface area contributed by atoms with E-state index in [9.17, 15) is 4.79 Å². The first-order chi connectivity index (χ1) is 25.5. The number of hydrogen-bond donors (Lipinski definition) is 2. The van der Waals surface area contributed by atoms with Crippen molar-refractivity contribution in [2.75, 3.05) is 18.9 Å². The third kappa shape index (κ3) is 22.1. The van der Waals surface area contributed by atoms with Gasteiger partial charge < -0.3 is 11.1 Å². The van der Waals surface area contributed by atoms with Crippen LogP contribution in [0.5, 0.6) is 0 Å². The van der Waals surface area contributed by atoms with E-state index in [4.69, 9.17) is 5.73 Å². The summed E-state index contributed by atoms with van der Waals surface area (Å²) in [5.74, 6) is 0.270. The number of hydrogen-bond acceptors (Lipinski definition) is 3. The lowest BCUT2D eigenvalue weighted by atomic mass is 9.80. The lowest BCUT2D eigenvalue weighted by Crippen LogP contribution is -2.12. The van der Waals surface area contributed by atoms with E-state index in [0.717, 1.165) is 52.9 Å². The van der Waals surface area contributed by atoms with Gasteiger partial charge in [-0.15, -0.1) is 5.73 Å². The molecule has 0 saturated heterocycles. The standard InChI is InChI=1S/C16H16.C12H20O.C10H13N.C7H8.C3H9N.C2H6/c1-4-11-16(14(5-2)6-3)15-12-9-7-8-10-13-15;1-4-7-12(5-2)8-6-11(9-12)10(3)13;1-8(2)9-4-6-10(11-3)7-5-9;1-7-5-3-2-4-6-7;1-2-3-4;1-2/h4-12H,1-2H2,3H3;9H,4-8H2,1-3H3;4-7,11H,1H2,2-3H3;2-6H,1H3;2-4H2,1H3;1-2H3/b14-6-,16-11+;;;;;. The van der Waals surface area contributed by atoms with Gasteiger partial charge in [-0.3, -0.25) is 4.79 Å². The van der Waals surface area contributed by atoms with Crippen molar-refractivity contribution in [1.82, 2.24) is 0 Å². The summed E-state index contributed by atoms with van der Waals surface area (Å²) in [7, 11) is 1.91. The van der Waals surface area contributed by atoms with Gasteiger partial charge in [0, 0.05) is 18.3 Å². The minimum Gasteiger partial charge on any atom is -0.388 e. The molecule has 0 aliphatic heterocycles. The molecule has 4 rings (SSSR count). The SMILES string of the molecule is C=C(C)c1ccc(NC)cc1.C=C/C=C(C1=C=CC=CC=C1)\C(C=C)=C/C.CC.CCCC1(CC)C=C(C(C)=O)CC1.CCCN.Cc1ccccc1. The predicted molar refractivity (Wildman–Crippen MR) is 240 cm³/mol. The van der Waals surface area contributed by atoms with E-state index in [1.807, 2.05) is 114 Å². The van der Waals surface area contributed by atoms with Gasteiger partial charge in [0.15, 0.2) is 5.78 Å². The summed E-state index contributed by atoms with van der Waals surface area (Å²) >= 11 is 0. The Morgan fingerprint density at radius 3 is 1.98 bits per heavy atom. The monoisotopic (exact) mass is 717 g/mol. The van der Waals surface area contributed by atoms with Crippen molar-refractivity contribution in [3.05, 3.63) is 174 Å². The van der Waals surface area contributed by atoms with Crippen LogP contribution in [0, 0.1) is 12.3 Å². The molecule has 0 radical (unpaired) electrons. The molecule has 0 fully saturated rings. The highest BCUT2D eigenvalue weighted by atomic mass is 16.1. The number of rotatable bonds is 11. The second kappa shape index (κ2) is 32.0. The molecule has 3 heteroatoms. The number of nitrogens with one attached hydrogen (secondary N) is 1. The van der Waals surface area contributed by atoms with Gasteiger partial charge in [-0.25, -0.2) is 0 Å². The number of nitrogens with two attached hydrogens (primary N) is 1. The van der Waals surface area contributed by atoms with Crippen molar-refractivity contribution in [2.24, 2.45) is 11.1 Å². The highest BCUT2D eigenvalue weighted by molar-refractivity contribution is 5.93. The lowest BCUT2D eigenvalue weighted by Gasteiger charge is -2.24. The first kappa shape index (κ1) is 50.4. The van der Waals surface area contributed by atoms with Crippen LogP contribution in [0.4, 0.5) is 5.69 Å². The summed E-state index contributed by atoms with van der Waals surface area (Å²) in [6, 6.07) is 18.5. The van der Waals surface area contributed by atoms with Gasteiger partial charge in [0.1, 0.15) is 0 Å². The van der Waals surface area contributed by atoms with E-state index in [0.29, 0.717) is 5.41 Å². The zero-order valence-corrected chi connectivity index (χ0v) is 35.0. The van der Waals surface area contributed by atoms with E-state index in [2.05, 4.69) is 88.8 Å². The van der Waals surface area contributed by atoms with E-state index in [1.54, 1.807) is 13.0 Å². The van der Waals surface area contributed by atoms with Crippen molar-refractivity contribution in [3.8, 4) is 0 Å². The Morgan fingerprint density at radius 2 is 1.58 bits per heavy atom. The van der Waals surface area contributed by atoms with E-state index in [-0.39, 0.29) is 5.78 Å². The summed E-state index contributed by atoms with van der Waals surface area (Å²) in [6.45, 7) is 30.5. The molecule has 0 spiro atoms. The Balaban J connectivity index is 0. The van der Waals surface area contributed by atoms with Crippen molar-refractivity contribution in [2.45, 2.75) is 101 Å². The molecule has 3 N–H and O–H groups in total. The molecule has 53 heavy (non-hydrogen) atoms. The number of Topliss-reactive ketones (excluding diaryl/α,β-unsaturated/α-hetero) is 1. The van der Waals surface area contributed by atoms with Crippen LogP contribution in [0.15, 0.2) is 163 Å². The molecular weight excluding hydrogens is 645 g/mol. The first-order valence-corrected chi connectivity index (χ1v) is 19.3. The second-order valence-corrected chi connectivity index (χ2v) is 12.5. The van der Waals surface area contributed by atoms with Crippen LogP contribution in [-0.2, 0) is 4.79 Å². The summed E-state index contributed by atoms with van der Waals surface area (Å²) in [6.07, 6.45) is 26.7. The molecule has 1 atom stereocenters. The Kier molecular flexibility index (Phi) is 30.4. The molecule has 2 aromatic rings. The van der Waals surface area contributed by atoms with Crippen molar-refractivity contribution in [3.63, 3.8) is 0 Å². The fourth-order valence-electron chi connectivity index (χ4n) is 5.25. The summed E-state index contributed by atoms with van der Waals surface area (Å²) in [5.41, 5.74) is 17.6. The minimum atomic E-state index is 0.270. The summed E-state index contributed by atoms with van der Waals surface area (Å²) in [5, 5.41) is 3.06. The van der Waals surface area contributed by atoms with Crippen molar-refractivity contribution in [1.29, 1.82) is 0 Å². The van der Waals surface area contributed by atoms with E-state index in [1.165, 1.54) is 36.8 Å². The molecule has 2 aliphatic rings. The maximum atomic E-state index is 11.2. The molecule has 2 aliphatic carbocycles. The summed E-state index contributed by atoms with van der Waals surface area (Å²) < 4.78 is 0. The fourth-order valence-corrected chi connectivity index (χ4v) is 5.25. The zero-order chi connectivity index (χ0) is 40.5. The molecule has 3 nitrogen and oxygen atoms in total. The predicted octanol–water partition coefficient (Wildman–Crippen LogP) is 14.1. The van der Waals surface area contributed by atoms with Gasteiger partial charge in [0.25, 0.3) is 0 Å². The van der Waals surface area contributed by atoms with E-state index < -0.39 is 0 Å². The largest absolute Gasteiger partial charge is 0.388 e. The molecular formula is C50H72N2O. The summed E-state index contributed by atoms with van der Waals surface area (Å²) in [4.78, 5) is 11.2. The van der Waals surface area contributed by atoms with Crippen LogP contribution < -0.4 is 11.1 Å². The zero-order valence-electron chi connectivity index (χ0n) is 35.0. The number of aryl methyl sites for hydroxylation is 1. The van der Waals surface area contributed by atoms with Crippen LogP contribution in [-0.4, -0.2) is 19.4 Å². The highest BCUT2D eigenvalue weighted by Gasteiger charge is 2.31. The minimum absolute atomic E-state index is 0.270. The average molecular weight is 717 g/mol. The maximum absolute atomic E-state index is 11.2. The van der Waals surface area contributed by atoms with Gasteiger partial charge in [0.05, 0.1) is 0 Å². The third-order valence-electron chi connectivity index (χ3n) is 8.41. The molecule has 0 aromatic heterocycles. The average Bonchev–Trinajstić information content (AvgIpc) is 3.44. The lowest BCUT2D eigenvalue weighted by molar-refractivity contribution is -0.113. The first-order valence-electron chi connectivity index (χ1n) is 19.3. The number of benzene rings is 2. The molecule has 0 amide bonds. The molecule has 288 valence electrons. The normalized spacial score (nSPS) is 15.2. The third-order valence-corrected chi connectivity index (χ3v) is 8.41. The van der Waals surface area contributed by atoms with Crippen LogP contribution in [0.25, 0.3) is 5.57 Å². The second-order valence-electron chi connectivity index (χ2n) is 12.5. The van der Waals surface area contributed by atoms with Crippen LogP contribution in [0.3, 0.4) is 0 Å². The number of carbonyl (C=O) groups is 1. The quantitative estimate of drug-likeness (QED) is 0.180. The topological polar surface area (TPSA) is 55.1 Å². The van der Waals surface area contributed by atoms with Crippen molar-refractivity contribution < 1.29 is 4.79 Å². The number of carbonyl (C=O) groups excluding carboxylic acids is 1. The molecule has 0 bridgehead atoms. The van der Waals surface area contributed by atoms with E-state index >= 15 is 0 Å². The molecule has 1 unspecified atom stereocenters. The van der Waals surface area contributed by atoms with Crippen LogP contribution in [0.1, 0.15) is 105 Å². The molecule has 2 aromatic carbocycles. The van der Waals surface area contributed by atoms with Gasteiger partial charge >= 0.3 is 0 Å².